The Labute approximate surface area is 207 Å². The summed E-state index contributed by atoms with van der Waals surface area (Å²) in [5.74, 6) is 1.41. The molecule has 0 saturated carbocycles. The third kappa shape index (κ3) is 6.72. The van der Waals surface area contributed by atoms with Crippen LogP contribution in [0.15, 0.2) is 78.7 Å². The highest BCUT2D eigenvalue weighted by molar-refractivity contribution is 7.89. The van der Waals surface area contributed by atoms with E-state index < -0.39 is 15.3 Å². The molecule has 0 bridgehead atoms. The molecule has 0 radical (unpaired) electrons. The predicted octanol–water partition coefficient (Wildman–Crippen LogP) is 5.92. The highest BCUT2D eigenvalue weighted by atomic mass is 32.2. The van der Waals surface area contributed by atoms with Gasteiger partial charge in [-0.2, -0.15) is 4.31 Å². The van der Waals surface area contributed by atoms with E-state index in [0.717, 1.165) is 27.5 Å². The van der Waals surface area contributed by atoms with Gasteiger partial charge >= 0.3 is 0 Å². The molecule has 0 fully saturated rings. The monoisotopic (exact) mass is 499 g/mol. The van der Waals surface area contributed by atoms with Crippen molar-refractivity contribution in [1.82, 2.24) is 4.31 Å². The highest BCUT2D eigenvalue weighted by Gasteiger charge is 2.36. The van der Waals surface area contributed by atoms with Crippen LogP contribution in [0, 0.1) is 5.92 Å². The summed E-state index contributed by atoms with van der Waals surface area (Å²) in [5, 5.41) is 1.43. The molecule has 0 aliphatic carbocycles. The van der Waals surface area contributed by atoms with Crippen molar-refractivity contribution >= 4 is 21.4 Å². The van der Waals surface area contributed by atoms with Crippen molar-refractivity contribution < 1.29 is 17.9 Å². The Morgan fingerprint density at radius 3 is 1.88 bits per heavy atom. The number of methoxy groups -OCH3 is 2. The number of hydrogen-bond acceptors (Lipinski definition) is 5. The lowest BCUT2D eigenvalue weighted by atomic mass is 10.0. The van der Waals surface area contributed by atoms with Crippen molar-refractivity contribution in [3.8, 4) is 11.5 Å². The smallest absolute Gasteiger partial charge is 0.218 e. The number of sulfonamides is 1. The van der Waals surface area contributed by atoms with Crippen molar-refractivity contribution in [2.24, 2.45) is 5.92 Å². The Morgan fingerprint density at radius 1 is 0.941 bits per heavy atom. The summed E-state index contributed by atoms with van der Waals surface area (Å²) in [7, 11) is -0.425. The first kappa shape index (κ1) is 26.0. The van der Waals surface area contributed by atoms with E-state index in [-0.39, 0.29) is 19.0 Å². The Kier molecular flexibility index (Phi) is 9.33. The SMILES string of the molecule is C=CC[C@H](C)[C@@H](Cc1cccs1)S(=O)(=O)N(Cc1ccc(OC)cc1)Cc1ccc(OC)cc1. The Hall–Kier alpha value is -2.61. The second kappa shape index (κ2) is 12.2. The van der Waals surface area contributed by atoms with E-state index in [1.54, 1.807) is 35.9 Å². The zero-order valence-corrected chi connectivity index (χ0v) is 21.6. The molecule has 5 nitrogen and oxygen atoms in total. The average Bonchev–Trinajstić information content (AvgIpc) is 3.36. The number of hydrogen-bond donors (Lipinski definition) is 0. The van der Waals surface area contributed by atoms with Gasteiger partial charge in [0.1, 0.15) is 11.5 Å². The molecule has 0 N–H and O–H groups in total. The van der Waals surface area contributed by atoms with Crippen molar-refractivity contribution in [1.29, 1.82) is 0 Å². The molecule has 2 aromatic carbocycles. The summed E-state index contributed by atoms with van der Waals surface area (Å²) in [4.78, 5) is 1.07. The predicted molar refractivity (Wildman–Crippen MR) is 140 cm³/mol. The Morgan fingerprint density at radius 2 is 1.47 bits per heavy atom. The van der Waals surface area contributed by atoms with Gasteiger partial charge in [0.05, 0.1) is 19.5 Å². The van der Waals surface area contributed by atoms with Gasteiger partial charge in [-0.25, -0.2) is 8.42 Å². The van der Waals surface area contributed by atoms with E-state index in [2.05, 4.69) is 6.58 Å². The molecular formula is C27H33NO4S2. The summed E-state index contributed by atoms with van der Waals surface area (Å²) in [6.45, 7) is 6.40. The second-order valence-corrected chi connectivity index (χ2v) is 11.5. The number of allylic oxidation sites excluding steroid dienone is 1. The number of thiophene rings is 1. The standard InChI is InChI=1S/C27H33NO4S2/c1-5-7-21(2)27(18-26-8-6-17-33-26)34(29,30)28(19-22-9-13-24(31-3)14-10-22)20-23-11-15-25(32-4)16-12-23/h5-6,8-17,21,27H,1,7,18-20H2,2-4H3/t21-,27+/m0/s1. The molecule has 34 heavy (non-hydrogen) atoms. The normalized spacial score (nSPS) is 13.4. The number of ether oxygens (including phenoxy) is 2. The van der Waals surface area contributed by atoms with Gasteiger partial charge in [-0.1, -0.05) is 43.3 Å². The van der Waals surface area contributed by atoms with E-state index in [0.29, 0.717) is 12.8 Å². The fourth-order valence-corrected chi connectivity index (χ4v) is 6.94. The minimum Gasteiger partial charge on any atom is -0.497 e. The summed E-state index contributed by atoms with van der Waals surface area (Å²) in [6.07, 6.45) is 2.92. The summed E-state index contributed by atoms with van der Waals surface area (Å²) >= 11 is 1.59. The first-order valence-electron chi connectivity index (χ1n) is 11.3. The summed E-state index contributed by atoms with van der Waals surface area (Å²) in [6, 6.07) is 19.1. The number of rotatable bonds is 13. The number of benzene rings is 2. The molecule has 0 amide bonds. The van der Waals surface area contributed by atoms with Crippen molar-refractivity contribution in [3.63, 3.8) is 0 Å². The lowest BCUT2D eigenvalue weighted by Gasteiger charge is -2.31. The molecule has 0 spiro atoms. The minimum atomic E-state index is -3.66. The molecule has 0 aliphatic heterocycles. The molecular weight excluding hydrogens is 466 g/mol. The zero-order valence-electron chi connectivity index (χ0n) is 20.0. The summed E-state index contributed by atoms with van der Waals surface area (Å²) < 4.78 is 40.5. The highest BCUT2D eigenvalue weighted by Crippen LogP contribution is 2.29. The minimum absolute atomic E-state index is 0.0705. The van der Waals surface area contributed by atoms with Gasteiger partial charge in [-0.15, -0.1) is 17.9 Å². The van der Waals surface area contributed by atoms with Crippen LogP contribution in [-0.4, -0.2) is 32.2 Å². The van der Waals surface area contributed by atoms with Crippen molar-refractivity contribution in [2.45, 2.75) is 38.1 Å². The fraction of sp³-hybridized carbons (Fsp3) is 0.333. The van der Waals surface area contributed by atoms with Crippen LogP contribution in [0.2, 0.25) is 0 Å². The van der Waals surface area contributed by atoms with Gasteiger partial charge in [-0.05, 0) is 59.2 Å². The van der Waals surface area contributed by atoms with Crippen LogP contribution in [0.1, 0.15) is 29.3 Å². The maximum absolute atomic E-state index is 14.2. The third-order valence-electron chi connectivity index (χ3n) is 5.93. The molecule has 7 heteroatoms. The average molecular weight is 500 g/mol. The molecule has 2 atom stereocenters. The van der Waals surface area contributed by atoms with Crippen LogP contribution in [-0.2, 0) is 29.5 Å². The number of nitrogens with zero attached hydrogens (tertiary/aromatic N) is 1. The van der Waals surface area contributed by atoms with E-state index in [9.17, 15) is 8.42 Å². The largest absolute Gasteiger partial charge is 0.497 e. The van der Waals surface area contributed by atoms with Gasteiger partial charge in [0, 0.05) is 24.4 Å². The second-order valence-electron chi connectivity index (χ2n) is 8.33. The van der Waals surface area contributed by atoms with Crippen LogP contribution in [0.5, 0.6) is 11.5 Å². The Bertz CT molecular complexity index is 1070. The molecule has 0 saturated heterocycles. The maximum atomic E-state index is 14.2. The van der Waals surface area contributed by atoms with Crippen molar-refractivity contribution in [2.75, 3.05) is 14.2 Å². The van der Waals surface area contributed by atoms with E-state index in [4.69, 9.17) is 9.47 Å². The fourth-order valence-electron chi connectivity index (χ4n) is 3.94. The van der Waals surface area contributed by atoms with E-state index in [1.807, 2.05) is 73.0 Å². The first-order valence-corrected chi connectivity index (χ1v) is 13.6. The lowest BCUT2D eigenvalue weighted by Crippen LogP contribution is -2.42. The first-order chi connectivity index (χ1) is 16.4. The lowest BCUT2D eigenvalue weighted by molar-refractivity contribution is 0.377. The molecule has 182 valence electrons. The zero-order chi connectivity index (χ0) is 24.6. The van der Waals surface area contributed by atoms with Crippen LogP contribution in [0.3, 0.4) is 0 Å². The molecule has 0 aliphatic rings. The Balaban J connectivity index is 1.97. The van der Waals surface area contributed by atoms with Crippen LogP contribution in [0.4, 0.5) is 0 Å². The molecule has 3 rings (SSSR count). The maximum Gasteiger partial charge on any atom is 0.218 e. The van der Waals surface area contributed by atoms with Gasteiger partial charge in [0.15, 0.2) is 0 Å². The van der Waals surface area contributed by atoms with E-state index >= 15 is 0 Å². The van der Waals surface area contributed by atoms with Gasteiger partial charge in [-0.3, -0.25) is 0 Å². The van der Waals surface area contributed by atoms with Gasteiger partial charge in [0.25, 0.3) is 0 Å². The molecule has 3 aromatic rings. The van der Waals surface area contributed by atoms with Crippen LogP contribution in [0.25, 0.3) is 0 Å². The molecule has 1 heterocycles. The van der Waals surface area contributed by atoms with Crippen LogP contribution < -0.4 is 9.47 Å². The summed E-state index contributed by atoms with van der Waals surface area (Å²) in [5.41, 5.74) is 1.81. The van der Waals surface area contributed by atoms with Gasteiger partial charge in [0.2, 0.25) is 10.0 Å². The van der Waals surface area contributed by atoms with Crippen molar-refractivity contribution in [3.05, 3.63) is 94.7 Å². The molecule has 1 aromatic heterocycles. The molecule has 0 unspecified atom stereocenters. The topological polar surface area (TPSA) is 55.8 Å². The quantitative estimate of drug-likeness (QED) is 0.274. The van der Waals surface area contributed by atoms with Gasteiger partial charge < -0.3 is 9.47 Å². The third-order valence-corrected chi connectivity index (χ3v) is 9.21. The van der Waals surface area contributed by atoms with Crippen LogP contribution >= 0.6 is 11.3 Å². The van der Waals surface area contributed by atoms with E-state index in [1.165, 1.54) is 0 Å².